The molecular weight excluding hydrogens is 412 g/mol. The van der Waals surface area contributed by atoms with Crippen LogP contribution in [0.25, 0.3) is 0 Å². The van der Waals surface area contributed by atoms with Gasteiger partial charge >= 0.3 is 10.3 Å². The Bertz CT molecular complexity index is 1030. The van der Waals surface area contributed by atoms with Crippen LogP contribution in [0, 0.1) is 17.3 Å². The van der Waals surface area contributed by atoms with Crippen LogP contribution in [0.2, 0.25) is 0 Å². The first-order valence-corrected chi connectivity index (χ1v) is 13.1. The first-order chi connectivity index (χ1) is 14.7. The van der Waals surface area contributed by atoms with Crippen molar-refractivity contribution in [1.29, 1.82) is 0 Å². The van der Waals surface area contributed by atoms with Gasteiger partial charge in [0.1, 0.15) is 5.75 Å². The number of hydrogen-bond donors (Lipinski definition) is 2. The van der Waals surface area contributed by atoms with Crippen molar-refractivity contribution in [3.63, 3.8) is 0 Å². The lowest BCUT2D eigenvalue weighted by molar-refractivity contribution is -0.119. The van der Waals surface area contributed by atoms with Crippen molar-refractivity contribution in [1.82, 2.24) is 5.32 Å². The molecule has 0 unspecified atom stereocenters. The van der Waals surface area contributed by atoms with Gasteiger partial charge in [-0.1, -0.05) is 31.9 Å². The molecule has 3 N–H and O–H groups in total. The van der Waals surface area contributed by atoms with E-state index in [0.717, 1.165) is 56.1 Å². The van der Waals surface area contributed by atoms with Crippen molar-refractivity contribution in [2.24, 2.45) is 22.4 Å². The molecule has 1 aromatic rings. The number of carbonyl (C=O) groups excluding carboxylic acids is 1. The topological polar surface area (TPSA) is 98.5 Å². The van der Waals surface area contributed by atoms with Gasteiger partial charge in [0.15, 0.2) is 0 Å². The van der Waals surface area contributed by atoms with E-state index in [2.05, 4.69) is 18.3 Å². The fourth-order valence-corrected chi connectivity index (χ4v) is 7.37. The highest BCUT2D eigenvalue weighted by Crippen LogP contribution is 2.61. The van der Waals surface area contributed by atoms with E-state index in [9.17, 15) is 13.2 Å². The second-order valence-electron chi connectivity index (χ2n) is 10.1. The van der Waals surface area contributed by atoms with Crippen LogP contribution in [0.15, 0.2) is 29.8 Å². The molecule has 6 nitrogen and oxygen atoms in total. The molecule has 2 fully saturated rings. The molecule has 0 aromatic heterocycles. The summed E-state index contributed by atoms with van der Waals surface area (Å²) in [7, 11) is -4.01. The SMILES string of the molecule is C[C@]12CC[C@@H]3c4ccc(OS(N)(=O)=O)cc4CC[C@H]3[C@@H]1CC=C2C(=O)NC1CCCC1. The van der Waals surface area contributed by atoms with E-state index in [0.29, 0.717) is 23.8 Å². The molecule has 4 aliphatic rings. The molecule has 31 heavy (non-hydrogen) atoms. The Hall–Kier alpha value is -1.86. The second kappa shape index (κ2) is 7.62. The van der Waals surface area contributed by atoms with Crippen LogP contribution in [-0.2, 0) is 21.5 Å². The first-order valence-electron chi connectivity index (χ1n) is 11.6. The highest BCUT2D eigenvalue weighted by Gasteiger charge is 2.53. The summed E-state index contributed by atoms with van der Waals surface area (Å²) >= 11 is 0. The molecule has 0 bridgehead atoms. The Morgan fingerprint density at radius 2 is 1.97 bits per heavy atom. The fraction of sp³-hybridized carbons (Fsp3) is 0.625. The van der Waals surface area contributed by atoms with Crippen LogP contribution >= 0.6 is 0 Å². The summed E-state index contributed by atoms with van der Waals surface area (Å²) in [5, 5.41) is 8.33. The Morgan fingerprint density at radius 3 is 2.71 bits per heavy atom. The summed E-state index contributed by atoms with van der Waals surface area (Å²) in [6, 6.07) is 5.91. The molecule has 4 aliphatic carbocycles. The lowest BCUT2D eigenvalue weighted by atomic mass is 9.54. The van der Waals surface area contributed by atoms with Crippen LogP contribution < -0.4 is 14.6 Å². The third-order valence-corrected chi connectivity index (χ3v) is 8.85. The number of carbonyl (C=O) groups is 1. The third-order valence-electron chi connectivity index (χ3n) is 8.43. The maximum Gasteiger partial charge on any atom is 0.380 e. The Balaban J connectivity index is 1.34. The van der Waals surface area contributed by atoms with Crippen molar-refractivity contribution in [2.75, 3.05) is 0 Å². The predicted octanol–water partition coefficient (Wildman–Crippen LogP) is 3.72. The summed E-state index contributed by atoms with van der Waals surface area (Å²) < 4.78 is 27.4. The number of nitrogens with two attached hydrogens (primary N) is 1. The molecule has 1 aromatic carbocycles. The molecule has 0 aliphatic heterocycles. The van der Waals surface area contributed by atoms with E-state index in [1.165, 1.54) is 18.4 Å². The van der Waals surface area contributed by atoms with Crippen molar-refractivity contribution in [2.45, 2.75) is 76.7 Å². The normalized spacial score (nSPS) is 32.6. The maximum atomic E-state index is 13.1. The predicted molar refractivity (Wildman–Crippen MR) is 119 cm³/mol. The van der Waals surface area contributed by atoms with Gasteiger partial charge < -0.3 is 9.50 Å². The van der Waals surface area contributed by atoms with Gasteiger partial charge in [0.25, 0.3) is 0 Å². The molecule has 5 rings (SSSR count). The minimum absolute atomic E-state index is 0.0436. The number of aryl methyl sites for hydroxylation is 1. The second-order valence-corrected chi connectivity index (χ2v) is 11.3. The highest BCUT2D eigenvalue weighted by atomic mass is 32.2. The average Bonchev–Trinajstić information content (AvgIpc) is 3.33. The van der Waals surface area contributed by atoms with Gasteiger partial charge in [-0.3, -0.25) is 4.79 Å². The van der Waals surface area contributed by atoms with Gasteiger partial charge in [0, 0.05) is 17.0 Å². The summed E-state index contributed by atoms with van der Waals surface area (Å²) in [6.45, 7) is 2.31. The number of allylic oxidation sites excluding steroid dienone is 1. The molecule has 0 spiro atoms. The van der Waals surface area contributed by atoms with E-state index in [4.69, 9.17) is 9.32 Å². The van der Waals surface area contributed by atoms with Crippen LogP contribution in [0.4, 0.5) is 0 Å². The van der Waals surface area contributed by atoms with Crippen molar-refractivity contribution in [3.8, 4) is 5.75 Å². The van der Waals surface area contributed by atoms with Gasteiger partial charge in [-0.05, 0) is 86.0 Å². The Morgan fingerprint density at radius 1 is 1.19 bits per heavy atom. The summed E-state index contributed by atoms with van der Waals surface area (Å²) in [5.41, 5.74) is 3.45. The van der Waals surface area contributed by atoms with E-state index in [1.54, 1.807) is 6.07 Å². The molecule has 4 atom stereocenters. The number of hydrogen-bond acceptors (Lipinski definition) is 4. The van der Waals surface area contributed by atoms with Crippen molar-refractivity contribution >= 4 is 16.2 Å². The zero-order chi connectivity index (χ0) is 21.8. The van der Waals surface area contributed by atoms with E-state index in [-0.39, 0.29) is 17.1 Å². The van der Waals surface area contributed by atoms with Crippen LogP contribution in [0.5, 0.6) is 5.75 Å². The van der Waals surface area contributed by atoms with Gasteiger partial charge in [-0.2, -0.15) is 13.6 Å². The molecule has 0 heterocycles. The van der Waals surface area contributed by atoms with Crippen molar-refractivity contribution < 1.29 is 17.4 Å². The monoisotopic (exact) mass is 444 g/mol. The summed E-state index contributed by atoms with van der Waals surface area (Å²) in [6.07, 6.45) is 11.9. The lowest BCUT2D eigenvalue weighted by Crippen LogP contribution is -2.45. The molecule has 7 heteroatoms. The smallest absolute Gasteiger partial charge is 0.371 e. The van der Waals surface area contributed by atoms with E-state index < -0.39 is 10.3 Å². The highest BCUT2D eigenvalue weighted by molar-refractivity contribution is 7.84. The molecule has 2 saturated carbocycles. The minimum atomic E-state index is -4.01. The Kier molecular flexibility index (Phi) is 5.17. The fourth-order valence-electron chi connectivity index (χ4n) is 7.00. The quantitative estimate of drug-likeness (QED) is 0.739. The van der Waals surface area contributed by atoms with Gasteiger partial charge in [0.2, 0.25) is 5.91 Å². The standard InChI is InChI=1S/C24H32N2O4S/c1-24-13-12-19-18-9-7-17(30-31(25,28)29)14-15(18)6-8-20(19)21(24)10-11-22(24)23(27)26-16-4-2-3-5-16/h7,9,11,14,16,19-21H,2-6,8,10,12-13H2,1H3,(H,26,27)(H2,25,28,29)/t19-,20-,21+,24+/m1/s1. The molecule has 0 radical (unpaired) electrons. The molecule has 1 amide bonds. The molecule has 0 saturated heterocycles. The van der Waals surface area contributed by atoms with Crippen LogP contribution in [0.1, 0.15) is 75.3 Å². The molecule has 168 valence electrons. The van der Waals surface area contributed by atoms with E-state index >= 15 is 0 Å². The summed E-state index contributed by atoms with van der Waals surface area (Å²) in [5.74, 6) is 1.94. The largest absolute Gasteiger partial charge is 0.380 e. The molecular formula is C24H32N2O4S. The zero-order valence-electron chi connectivity index (χ0n) is 18.1. The third kappa shape index (κ3) is 3.80. The minimum Gasteiger partial charge on any atom is -0.371 e. The lowest BCUT2D eigenvalue weighted by Gasteiger charge is -2.50. The van der Waals surface area contributed by atoms with Gasteiger partial charge in [0.05, 0.1) is 0 Å². The number of nitrogens with one attached hydrogen (secondary N) is 1. The summed E-state index contributed by atoms with van der Waals surface area (Å²) in [4.78, 5) is 13.1. The van der Waals surface area contributed by atoms with Crippen LogP contribution in [-0.4, -0.2) is 20.4 Å². The van der Waals surface area contributed by atoms with Gasteiger partial charge in [-0.25, -0.2) is 0 Å². The van der Waals surface area contributed by atoms with Crippen molar-refractivity contribution in [3.05, 3.63) is 41.0 Å². The van der Waals surface area contributed by atoms with Crippen LogP contribution in [0.3, 0.4) is 0 Å². The number of fused-ring (bicyclic) bond motifs is 5. The zero-order valence-corrected chi connectivity index (χ0v) is 18.9. The number of benzene rings is 1. The van der Waals surface area contributed by atoms with Gasteiger partial charge in [-0.15, -0.1) is 0 Å². The van der Waals surface area contributed by atoms with E-state index in [1.807, 2.05) is 12.1 Å². The average molecular weight is 445 g/mol. The maximum absolute atomic E-state index is 13.1. The Labute approximate surface area is 184 Å². The number of amides is 1. The first kappa shape index (κ1) is 21.0. The number of rotatable bonds is 4.